The normalized spacial score (nSPS) is 18.5. The van der Waals surface area contributed by atoms with Gasteiger partial charge in [-0.15, -0.1) is 0 Å². The van der Waals surface area contributed by atoms with E-state index in [1.54, 1.807) is 4.90 Å². The number of anilines is 2. The second-order valence-electron chi connectivity index (χ2n) is 11.6. The molecule has 4 aromatic rings. The van der Waals surface area contributed by atoms with Crippen LogP contribution in [0.5, 0.6) is 0 Å². The number of piperidine rings is 1. The summed E-state index contributed by atoms with van der Waals surface area (Å²) in [6.07, 6.45) is 1.44. The largest absolute Gasteiger partial charge is 0.367 e. The molecule has 0 aliphatic carbocycles. The third kappa shape index (κ3) is 6.19. The highest BCUT2D eigenvalue weighted by Crippen LogP contribution is 2.50. The smallest absolute Gasteiger partial charge is 0.288 e. The van der Waals surface area contributed by atoms with E-state index in [2.05, 4.69) is 0 Å². The van der Waals surface area contributed by atoms with Crippen LogP contribution in [0.25, 0.3) is 0 Å². The minimum atomic E-state index is -1.09. The van der Waals surface area contributed by atoms with Crippen molar-refractivity contribution >= 4 is 46.0 Å². The first-order valence-corrected chi connectivity index (χ1v) is 15.5. The van der Waals surface area contributed by atoms with Gasteiger partial charge >= 0.3 is 0 Å². The molecule has 244 valence electrons. The first kappa shape index (κ1) is 32.5. The van der Waals surface area contributed by atoms with E-state index in [9.17, 15) is 20.2 Å². The van der Waals surface area contributed by atoms with Gasteiger partial charge in [-0.25, -0.2) is 17.6 Å². The lowest BCUT2D eigenvalue weighted by atomic mass is 9.89. The molecule has 47 heavy (non-hydrogen) atoms. The molecule has 4 aromatic carbocycles. The van der Waals surface area contributed by atoms with Crippen LogP contribution >= 0.6 is 23.2 Å². The number of nitrogens with zero attached hydrogens (tertiary/aromatic N) is 4. The fourth-order valence-electron chi connectivity index (χ4n) is 6.84. The fourth-order valence-corrected chi connectivity index (χ4v) is 7.28. The maximum absolute atomic E-state index is 16.0. The van der Waals surface area contributed by atoms with Crippen LogP contribution in [0.15, 0.2) is 66.7 Å². The Kier molecular flexibility index (Phi) is 8.99. The van der Waals surface area contributed by atoms with Gasteiger partial charge in [-0.2, -0.15) is 0 Å². The summed E-state index contributed by atoms with van der Waals surface area (Å²) >= 11 is 11.8. The molecule has 2 saturated heterocycles. The number of halogens is 6. The molecule has 8 nitrogen and oxygen atoms in total. The van der Waals surface area contributed by atoms with Gasteiger partial charge in [0.25, 0.3) is 11.4 Å². The molecular formula is C33H26Cl2F4N4O4. The summed E-state index contributed by atoms with van der Waals surface area (Å²) in [6, 6.07) is 13.2. The van der Waals surface area contributed by atoms with Crippen LogP contribution in [0.2, 0.25) is 10.0 Å². The highest BCUT2D eigenvalue weighted by Gasteiger charge is 2.41. The van der Waals surface area contributed by atoms with Crippen molar-refractivity contribution in [3.63, 3.8) is 0 Å². The predicted octanol–water partition coefficient (Wildman–Crippen LogP) is 9.83. The Labute approximate surface area is 276 Å². The van der Waals surface area contributed by atoms with Crippen LogP contribution in [0.1, 0.15) is 60.4 Å². The first-order chi connectivity index (χ1) is 22.4. The average molecular weight is 689 g/mol. The number of rotatable bonds is 7. The SMILES string of the molecule is O=[N+]([O-])c1cc(C2CCC(c3cc([N+](=O)[O-])c(Cl)cc3F)N2c2cc(F)c(N3CCC(c4ccccc4)CC3)c(F)c2)c(F)cc1Cl. The summed E-state index contributed by atoms with van der Waals surface area (Å²) in [7, 11) is 0. The van der Waals surface area contributed by atoms with Gasteiger partial charge in [-0.1, -0.05) is 53.5 Å². The highest BCUT2D eigenvalue weighted by atomic mass is 35.5. The van der Waals surface area contributed by atoms with E-state index in [1.165, 1.54) is 4.90 Å². The van der Waals surface area contributed by atoms with Crippen LogP contribution in [0, 0.1) is 43.5 Å². The maximum Gasteiger partial charge on any atom is 0.288 e. The van der Waals surface area contributed by atoms with Gasteiger partial charge in [0.05, 0.1) is 21.9 Å². The molecular weight excluding hydrogens is 663 g/mol. The summed E-state index contributed by atoms with van der Waals surface area (Å²) in [6.45, 7) is 0.780. The summed E-state index contributed by atoms with van der Waals surface area (Å²) in [5, 5.41) is 22.4. The van der Waals surface area contributed by atoms with Crippen LogP contribution in [0.4, 0.5) is 40.3 Å². The maximum atomic E-state index is 16.0. The van der Waals surface area contributed by atoms with Gasteiger partial charge in [-0.05, 0) is 61.4 Å². The number of benzene rings is 4. The second kappa shape index (κ2) is 13.0. The third-order valence-corrected chi connectivity index (χ3v) is 9.62. The van der Waals surface area contributed by atoms with Crippen LogP contribution in [0.3, 0.4) is 0 Å². The quantitative estimate of drug-likeness (QED) is 0.109. The predicted molar refractivity (Wildman–Crippen MR) is 170 cm³/mol. The van der Waals surface area contributed by atoms with E-state index in [0.717, 1.165) is 42.0 Å². The Morgan fingerprint density at radius 1 is 0.660 bits per heavy atom. The Balaban J connectivity index is 1.41. The molecule has 0 spiro atoms. The van der Waals surface area contributed by atoms with E-state index in [0.29, 0.717) is 25.9 Å². The molecule has 2 fully saturated rings. The molecule has 0 bridgehead atoms. The highest BCUT2D eigenvalue weighted by molar-refractivity contribution is 6.33. The topological polar surface area (TPSA) is 92.8 Å². The van der Waals surface area contributed by atoms with E-state index < -0.39 is 66.6 Å². The molecule has 2 atom stereocenters. The minimum Gasteiger partial charge on any atom is -0.367 e. The zero-order chi connectivity index (χ0) is 33.6. The Morgan fingerprint density at radius 2 is 1.13 bits per heavy atom. The molecule has 2 heterocycles. The molecule has 2 aliphatic heterocycles. The molecule has 0 aromatic heterocycles. The van der Waals surface area contributed by atoms with Gasteiger partial charge in [0.2, 0.25) is 0 Å². The van der Waals surface area contributed by atoms with Gasteiger partial charge < -0.3 is 9.80 Å². The number of hydrogen-bond acceptors (Lipinski definition) is 6. The molecule has 2 aliphatic rings. The molecule has 0 amide bonds. The van der Waals surface area contributed by atoms with Crippen molar-refractivity contribution in [2.24, 2.45) is 0 Å². The Hall–Kier alpha value is -4.42. The first-order valence-electron chi connectivity index (χ1n) is 14.8. The molecule has 0 saturated carbocycles. The lowest BCUT2D eigenvalue weighted by Crippen LogP contribution is -2.34. The van der Waals surface area contributed by atoms with Gasteiger partial charge in [0, 0.05) is 42.0 Å². The molecule has 2 unspecified atom stereocenters. The van der Waals surface area contributed by atoms with Crippen molar-refractivity contribution in [1.82, 2.24) is 0 Å². The van der Waals surface area contributed by atoms with E-state index in [-0.39, 0.29) is 41.3 Å². The van der Waals surface area contributed by atoms with Crippen molar-refractivity contribution in [2.45, 2.75) is 43.7 Å². The van der Waals surface area contributed by atoms with Crippen molar-refractivity contribution in [1.29, 1.82) is 0 Å². The summed E-state index contributed by atoms with van der Waals surface area (Å²) in [5.41, 5.74) is -0.795. The summed E-state index contributed by atoms with van der Waals surface area (Å²) in [5.74, 6) is -3.42. The van der Waals surface area contributed by atoms with Crippen LogP contribution in [-0.2, 0) is 0 Å². The zero-order valence-corrected chi connectivity index (χ0v) is 26.0. The van der Waals surface area contributed by atoms with Crippen LogP contribution in [-0.4, -0.2) is 22.9 Å². The van der Waals surface area contributed by atoms with Gasteiger partial charge in [-0.3, -0.25) is 20.2 Å². The molecule has 6 rings (SSSR count). The van der Waals surface area contributed by atoms with E-state index >= 15 is 17.6 Å². The van der Waals surface area contributed by atoms with Gasteiger partial charge in [0.1, 0.15) is 27.4 Å². The second-order valence-corrected chi connectivity index (χ2v) is 12.4. The standard InChI is InChI=1S/C33H26Cl2F4N4O4/c34-23-16-25(36)21(14-31(23)42(44)45)29-6-7-30(22-15-32(43(46)47)24(35)17-26(22)37)41(29)20-12-27(38)33(28(39)13-20)40-10-8-19(9-11-40)18-4-2-1-3-5-18/h1-5,12-17,19,29-30H,6-11H2. The van der Waals surface area contributed by atoms with Gasteiger partial charge in [0.15, 0.2) is 11.6 Å². The van der Waals surface area contributed by atoms with Crippen molar-refractivity contribution < 1.29 is 27.4 Å². The summed E-state index contributed by atoms with van der Waals surface area (Å²) < 4.78 is 62.8. The van der Waals surface area contributed by atoms with E-state index in [1.807, 2.05) is 30.3 Å². The number of nitro groups is 2. The van der Waals surface area contributed by atoms with Crippen molar-refractivity contribution in [3.8, 4) is 0 Å². The summed E-state index contributed by atoms with van der Waals surface area (Å²) in [4.78, 5) is 24.7. The molecule has 0 N–H and O–H groups in total. The zero-order valence-electron chi connectivity index (χ0n) is 24.5. The lowest BCUT2D eigenvalue weighted by Gasteiger charge is -2.36. The Bertz CT molecular complexity index is 1780. The third-order valence-electron chi connectivity index (χ3n) is 9.01. The number of nitro benzene ring substituents is 2. The number of hydrogen-bond donors (Lipinski definition) is 0. The fraction of sp³-hybridized carbons (Fsp3) is 0.273. The molecule has 14 heteroatoms. The van der Waals surface area contributed by atoms with Crippen molar-refractivity contribution in [3.05, 3.63) is 137 Å². The minimum absolute atomic E-state index is 0.0498. The Morgan fingerprint density at radius 3 is 1.57 bits per heavy atom. The molecule has 0 radical (unpaired) electrons. The average Bonchev–Trinajstić information content (AvgIpc) is 3.46. The monoisotopic (exact) mass is 688 g/mol. The van der Waals surface area contributed by atoms with E-state index in [4.69, 9.17) is 23.2 Å². The lowest BCUT2D eigenvalue weighted by molar-refractivity contribution is -0.384. The van der Waals surface area contributed by atoms with Crippen LogP contribution < -0.4 is 9.80 Å². The van der Waals surface area contributed by atoms with Crippen molar-refractivity contribution in [2.75, 3.05) is 22.9 Å².